The summed E-state index contributed by atoms with van der Waals surface area (Å²) < 4.78 is 0. The number of urea groups is 1. The molecule has 5 nitrogen and oxygen atoms in total. The lowest BCUT2D eigenvalue weighted by Gasteiger charge is -2.12. The molecule has 0 spiro atoms. The molecule has 1 N–H and O–H groups in total. The van der Waals surface area contributed by atoms with Crippen LogP contribution in [-0.4, -0.2) is 22.9 Å². The summed E-state index contributed by atoms with van der Waals surface area (Å²) in [4.78, 5) is 25.0. The van der Waals surface area contributed by atoms with Crippen LogP contribution in [0.1, 0.15) is 30.9 Å². The van der Waals surface area contributed by atoms with Crippen molar-refractivity contribution >= 4 is 11.9 Å². The molecule has 0 aromatic heterocycles. The SMILES string of the molecule is CCC[C@H]1NC(=O)N(Cc2ccc(C#N)cc2)C1=O. The van der Waals surface area contributed by atoms with E-state index in [0.29, 0.717) is 12.0 Å². The second-order valence-electron chi connectivity index (χ2n) is 4.52. The van der Waals surface area contributed by atoms with E-state index >= 15 is 0 Å². The highest BCUT2D eigenvalue weighted by atomic mass is 16.2. The minimum atomic E-state index is -0.393. The molecular weight excluding hydrogens is 242 g/mol. The van der Waals surface area contributed by atoms with Gasteiger partial charge in [0.15, 0.2) is 0 Å². The van der Waals surface area contributed by atoms with Gasteiger partial charge in [0.25, 0.3) is 5.91 Å². The van der Waals surface area contributed by atoms with E-state index in [2.05, 4.69) is 5.32 Å². The minimum absolute atomic E-state index is 0.170. The molecule has 0 saturated carbocycles. The second-order valence-corrected chi connectivity index (χ2v) is 4.52. The van der Waals surface area contributed by atoms with Crippen molar-refractivity contribution in [1.82, 2.24) is 10.2 Å². The molecule has 0 bridgehead atoms. The third kappa shape index (κ3) is 2.74. The first-order valence-electron chi connectivity index (χ1n) is 6.26. The van der Waals surface area contributed by atoms with E-state index in [1.54, 1.807) is 24.3 Å². The molecule has 1 aliphatic rings. The van der Waals surface area contributed by atoms with Gasteiger partial charge in [-0.1, -0.05) is 25.5 Å². The first kappa shape index (κ1) is 13.1. The lowest BCUT2D eigenvalue weighted by molar-refractivity contribution is -0.128. The Morgan fingerprint density at radius 1 is 1.32 bits per heavy atom. The molecule has 1 fully saturated rings. The standard InChI is InChI=1S/C14H15N3O2/c1-2-3-12-13(18)17(14(19)16-12)9-11-6-4-10(8-15)5-7-11/h4-7,12H,2-3,9H2,1H3,(H,16,19)/t12-/m1/s1. The van der Waals surface area contributed by atoms with Crippen molar-refractivity contribution in [3.63, 3.8) is 0 Å². The Kier molecular flexibility index (Phi) is 3.81. The van der Waals surface area contributed by atoms with E-state index in [0.717, 1.165) is 12.0 Å². The number of nitriles is 1. The Morgan fingerprint density at radius 3 is 2.58 bits per heavy atom. The van der Waals surface area contributed by atoms with Crippen molar-refractivity contribution in [3.8, 4) is 6.07 Å². The summed E-state index contributed by atoms with van der Waals surface area (Å²) in [5.74, 6) is -0.170. The third-order valence-electron chi connectivity index (χ3n) is 3.11. The van der Waals surface area contributed by atoms with Gasteiger partial charge in [0.2, 0.25) is 0 Å². The van der Waals surface area contributed by atoms with Crippen LogP contribution in [0.25, 0.3) is 0 Å². The van der Waals surface area contributed by atoms with Gasteiger partial charge in [-0.3, -0.25) is 9.69 Å². The van der Waals surface area contributed by atoms with E-state index in [4.69, 9.17) is 5.26 Å². The predicted molar refractivity (Wildman–Crippen MR) is 68.9 cm³/mol. The highest BCUT2D eigenvalue weighted by molar-refractivity contribution is 6.04. The van der Waals surface area contributed by atoms with Gasteiger partial charge in [-0.05, 0) is 24.1 Å². The number of imide groups is 1. The average molecular weight is 257 g/mol. The molecule has 1 heterocycles. The van der Waals surface area contributed by atoms with Crippen molar-refractivity contribution in [2.45, 2.75) is 32.4 Å². The topological polar surface area (TPSA) is 73.2 Å². The van der Waals surface area contributed by atoms with Gasteiger partial charge in [0, 0.05) is 0 Å². The summed E-state index contributed by atoms with van der Waals surface area (Å²) in [7, 11) is 0. The van der Waals surface area contributed by atoms with Crippen LogP contribution in [0.5, 0.6) is 0 Å². The summed E-state index contributed by atoms with van der Waals surface area (Å²) in [6.07, 6.45) is 1.51. The molecule has 2 rings (SSSR count). The molecule has 1 aliphatic heterocycles. The zero-order valence-electron chi connectivity index (χ0n) is 10.7. The molecule has 98 valence electrons. The van der Waals surface area contributed by atoms with Crippen molar-refractivity contribution < 1.29 is 9.59 Å². The number of amides is 3. The molecule has 0 unspecified atom stereocenters. The Balaban J connectivity index is 2.08. The van der Waals surface area contributed by atoms with Gasteiger partial charge in [-0.2, -0.15) is 5.26 Å². The van der Waals surface area contributed by atoms with Gasteiger partial charge in [-0.15, -0.1) is 0 Å². The van der Waals surface area contributed by atoms with Crippen LogP contribution in [0.2, 0.25) is 0 Å². The number of carbonyl (C=O) groups is 2. The van der Waals surface area contributed by atoms with Crippen LogP contribution in [0.15, 0.2) is 24.3 Å². The van der Waals surface area contributed by atoms with Gasteiger partial charge in [-0.25, -0.2) is 4.79 Å². The fraction of sp³-hybridized carbons (Fsp3) is 0.357. The Morgan fingerprint density at radius 2 is 2.00 bits per heavy atom. The van der Waals surface area contributed by atoms with E-state index in [-0.39, 0.29) is 18.5 Å². The molecule has 1 atom stereocenters. The second kappa shape index (κ2) is 5.53. The number of benzene rings is 1. The maximum atomic E-state index is 12.0. The van der Waals surface area contributed by atoms with E-state index in [1.165, 1.54) is 4.90 Å². The van der Waals surface area contributed by atoms with Gasteiger partial charge >= 0.3 is 6.03 Å². The quantitative estimate of drug-likeness (QED) is 0.835. The fourth-order valence-corrected chi connectivity index (χ4v) is 2.08. The lowest BCUT2D eigenvalue weighted by Crippen LogP contribution is -2.30. The normalized spacial score (nSPS) is 18.3. The maximum Gasteiger partial charge on any atom is 0.325 e. The first-order valence-corrected chi connectivity index (χ1v) is 6.26. The summed E-state index contributed by atoms with van der Waals surface area (Å²) in [5, 5.41) is 11.4. The molecular formula is C14H15N3O2. The van der Waals surface area contributed by atoms with E-state index in [1.807, 2.05) is 13.0 Å². The molecule has 3 amide bonds. The number of hydrogen-bond donors (Lipinski definition) is 1. The summed E-state index contributed by atoms with van der Waals surface area (Å²) in [6, 6.07) is 8.16. The highest BCUT2D eigenvalue weighted by Gasteiger charge is 2.36. The molecule has 1 saturated heterocycles. The molecule has 0 aliphatic carbocycles. The van der Waals surface area contributed by atoms with E-state index in [9.17, 15) is 9.59 Å². The zero-order valence-corrected chi connectivity index (χ0v) is 10.7. The molecule has 5 heteroatoms. The van der Waals surface area contributed by atoms with Crippen LogP contribution in [0.3, 0.4) is 0 Å². The number of nitrogens with one attached hydrogen (secondary N) is 1. The molecule has 0 radical (unpaired) electrons. The summed E-state index contributed by atoms with van der Waals surface area (Å²) in [5.41, 5.74) is 1.39. The van der Waals surface area contributed by atoms with Gasteiger partial charge in [0.05, 0.1) is 18.2 Å². The molecule has 19 heavy (non-hydrogen) atoms. The summed E-state index contributed by atoms with van der Waals surface area (Å²) >= 11 is 0. The maximum absolute atomic E-state index is 12.0. The number of hydrogen-bond acceptors (Lipinski definition) is 3. The van der Waals surface area contributed by atoms with Crippen molar-refractivity contribution in [2.75, 3.05) is 0 Å². The third-order valence-corrected chi connectivity index (χ3v) is 3.11. The van der Waals surface area contributed by atoms with Crippen LogP contribution >= 0.6 is 0 Å². The number of nitrogens with zero attached hydrogens (tertiary/aromatic N) is 2. The van der Waals surface area contributed by atoms with Gasteiger partial charge in [0.1, 0.15) is 6.04 Å². The Hall–Kier alpha value is -2.35. The van der Waals surface area contributed by atoms with E-state index < -0.39 is 6.04 Å². The van der Waals surface area contributed by atoms with Crippen LogP contribution in [0.4, 0.5) is 4.79 Å². The van der Waals surface area contributed by atoms with Crippen molar-refractivity contribution in [3.05, 3.63) is 35.4 Å². The predicted octanol–water partition coefficient (Wildman–Crippen LogP) is 1.78. The largest absolute Gasteiger partial charge is 0.326 e. The monoisotopic (exact) mass is 257 g/mol. The van der Waals surface area contributed by atoms with Crippen molar-refractivity contribution in [2.24, 2.45) is 0 Å². The zero-order chi connectivity index (χ0) is 13.8. The Labute approximate surface area is 111 Å². The Bertz CT molecular complexity index is 531. The van der Waals surface area contributed by atoms with Crippen LogP contribution in [0, 0.1) is 11.3 Å². The van der Waals surface area contributed by atoms with Gasteiger partial charge < -0.3 is 5.32 Å². The van der Waals surface area contributed by atoms with Crippen molar-refractivity contribution in [1.29, 1.82) is 5.26 Å². The molecule has 1 aromatic carbocycles. The fourth-order valence-electron chi connectivity index (χ4n) is 2.08. The minimum Gasteiger partial charge on any atom is -0.326 e. The summed E-state index contributed by atoms with van der Waals surface area (Å²) in [6.45, 7) is 2.22. The number of rotatable bonds is 4. The lowest BCUT2D eigenvalue weighted by atomic mass is 10.1. The highest BCUT2D eigenvalue weighted by Crippen LogP contribution is 2.15. The first-order chi connectivity index (χ1) is 9.15. The molecule has 1 aromatic rings. The number of carbonyl (C=O) groups excluding carboxylic acids is 2. The smallest absolute Gasteiger partial charge is 0.325 e. The van der Waals surface area contributed by atoms with Crippen LogP contribution < -0.4 is 5.32 Å². The van der Waals surface area contributed by atoms with Crippen LogP contribution in [-0.2, 0) is 11.3 Å². The average Bonchev–Trinajstić information content (AvgIpc) is 2.68.